The Kier molecular flexibility index (Phi) is 3.95. The van der Waals surface area contributed by atoms with Crippen molar-refractivity contribution in [2.24, 2.45) is 0 Å². The van der Waals surface area contributed by atoms with E-state index in [4.69, 9.17) is 4.74 Å². The first-order chi connectivity index (χ1) is 11.1. The predicted octanol–water partition coefficient (Wildman–Crippen LogP) is 5.09. The van der Waals surface area contributed by atoms with Crippen molar-refractivity contribution in [1.29, 1.82) is 0 Å². The van der Waals surface area contributed by atoms with Gasteiger partial charge in [0.1, 0.15) is 5.75 Å². The van der Waals surface area contributed by atoms with Crippen molar-refractivity contribution in [2.75, 3.05) is 7.11 Å². The number of nitrogens with one attached hydrogen (secondary N) is 1. The second kappa shape index (κ2) is 5.92. The van der Waals surface area contributed by atoms with E-state index in [9.17, 15) is 4.79 Å². The number of H-pyrrole nitrogens is 1. The zero-order valence-electron chi connectivity index (χ0n) is 13.9. The molecular weight excluding hydrogens is 286 g/mol. The third-order valence-corrected chi connectivity index (χ3v) is 4.33. The number of aldehydes is 1. The van der Waals surface area contributed by atoms with E-state index in [0.717, 1.165) is 39.8 Å². The molecule has 0 aliphatic rings. The molecule has 0 unspecified atom stereocenters. The molecule has 0 bridgehead atoms. The molecule has 3 rings (SSSR count). The minimum Gasteiger partial charge on any atom is -0.496 e. The zero-order chi connectivity index (χ0) is 16.6. The fraction of sp³-hybridized carbons (Fsp3) is 0.250. The number of hydrogen-bond acceptors (Lipinski definition) is 2. The van der Waals surface area contributed by atoms with E-state index in [0.29, 0.717) is 11.5 Å². The number of aromatic amines is 1. The summed E-state index contributed by atoms with van der Waals surface area (Å²) in [4.78, 5) is 15.2. The first kappa shape index (κ1) is 15.3. The zero-order valence-corrected chi connectivity index (χ0v) is 13.9. The summed E-state index contributed by atoms with van der Waals surface area (Å²) in [5.41, 5.74) is 5.90. The number of aromatic nitrogens is 1. The number of benzene rings is 2. The van der Waals surface area contributed by atoms with Crippen molar-refractivity contribution < 1.29 is 9.53 Å². The maximum atomic E-state index is 11.7. The summed E-state index contributed by atoms with van der Waals surface area (Å²) in [6.45, 7) is 6.33. The molecule has 1 heterocycles. The molecule has 0 atom stereocenters. The van der Waals surface area contributed by atoms with Gasteiger partial charge >= 0.3 is 0 Å². The molecule has 3 nitrogen and oxygen atoms in total. The number of fused-ring (bicyclic) bond motifs is 1. The molecule has 0 saturated carbocycles. The summed E-state index contributed by atoms with van der Waals surface area (Å²) < 4.78 is 5.32. The van der Waals surface area contributed by atoms with Gasteiger partial charge in [0.05, 0.1) is 18.3 Å². The van der Waals surface area contributed by atoms with Gasteiger partial charge in [0.25, 0.3) is 0 Å². The Hall–Kier alpha value is -2.55. The highest BCUT2D eigenvalue weighted by Crippen LogP contribution is 2.34. The normalized spacial score (nSPS) is 11.2. The Labute approximate surface area is 136 Å². The van der Waals surface area contributed by atoms with Gasteiger partial charge in [-0.1, -0.05) is 32.0 Å². The van der Waals surface area contributed by atoms with Crippen LogP contribution in [0.3, 0.4) is 0 Å². The monoisotopic (exact) mass is 307 g/mol. The Morgan fingerprint density at radius 2 is 1.96 bits per heavy atom. The fourth-order valence-corrected chi connectivity index (χ4v) is 3.13. The molecule has 0 fully saturated rings. The maximum Gasteiger partial charge on any atom is 0.152 e. The van der Waals surface area contributed by atoms with Crippen LogP contribution in [0.25, 0.3) is 22.2 Å². The highest BCUT2D eigenvalue weighted by molar-refractivity contribution is 6.05. The van der Waals surface area contributed by atoms with E-state index in [1.807, 2.05) is 37.3 Å². The van der Waals surface area contributed by atoms with Crippen molar-refractivity contribution in [3.63, 3.8) is 0 Å². The van der Waals surface area contributed by atoms with Crippen LogP contribution in [0.2, 0.25) is 0 Å². The number of aryl methyl sites for hydroxylation is 1. The fourth-order valence-electron chi connectivity index (χ4n) is 3.13. The van der Waals surface area contributed by atoms with Gasteiger partial charge < -0.3 is 9.72 Å². The lowest BCUT2D eigenvalue weighted by Gasteiger charge is -2.07. The van der Waals surface area contributed by atoms with E-state index in [-0.39, 0.29) is 0 Å². The van der Waals surface area contributed by atoms with Gasteiger partial charge in [0, 0.05) is 10.9 Å². The lowest BCUT2D eigenvalue weighted by atomic mass is 9.99. The van der Waals surface area contributed by atoms with Crippen LogP contribution >= 0.6 is 0 Å². The topological polar surface area (TPSA) is 42.1 Å². The molecule has 23 heavy (non-hydrogen) atoms. The molecule has 0 aliphatic carbocycles. The van der Waals surface area contributed by atoms with Crippen LogP contribution in [0.1, 0.15) is 41.3 Å². The summed E-state index contributed by atoms with van der Waals surface area (Å²) in [5.74, 6) is 1.24. The van der Waals surface area contributed by atoms with E-state index in [2.05, 4.69) is 24.9 Å². The van der Waals surface area contributed by atoms with Gasteiger partial charge in [-0.2, -0.15) is 0 Å². The summed E-state index contributed by atoms with van der Waals surface area (Å²) in [6.07, 6.45) is 0.942. The quantitative estimate of drug-likeness (QED) is 0.682. The van der Waals surface area contributed by atoms with Gasteiger partial charge in [-0.05, 0) is 47.7 Å². The van der Waals surface area contributed by atoms with Crippen LogP contribution in [0.5, 0.6) is 5.75 Å². The number of hydrogen-bond donors (Lipinski definition) is 1. The molecule has 3 heteroatoms. The predicted molar refractivity (Wildman–Crippen MR) is 94.5 cm³/mol. The molecule has 1 N–H and O–H groups in total. The van der Waals surface area contributed by atoms with E-state index < -0.39 is 0 Å². The minimum atomic E-state index is 0.391. The van der Waals surface area contributed by atoms with Crippen molar-refractivity contribution in [1.82, 2.24) is 4.98 Å². The summed E-state index contributed by atoms with van der Waals surface area (Å²) in [5, 5.41) is 0.981. The van der Waals surface area contributed by atoms with Crippen molar-refractivity contribution in [3.8, 4) is 17.0 Å². The first-order valence-corrected chi connectivity index (χ1v) is 7.81. The van der Waals surface area contributed by atoms with Gasteiger partial charge in [0.15, 0.2) is 6.29 Å². The smallest absolute Gasteiger partial charge is 0.152 e. The molecule has 0 amide bonds. The Balaban J connectivity index is 2.27. The molecule has 0 spiro atoms. The van der Waals surface area contributed by atoms with E-state index in [1.54, 1.807) is 7.11 Å². The Bertz CT molecular complexity index is 875. The average molecular weight is 307 g/mol. The summed E-state index contributed by atoms with van der Waals surface area (Å²) in [6, 6.07) is 12.1. The molecule has 0 aliphatic heterocycles. The number of carbonyl (C=O) groups is 1. The van der Waals surface area contributed by atoms with Crippen LogP contribution in [-0.2, 0) is 0 Å². The van der Waals surface area contributed by atoms with Crippen molar-refractivity contribution in [3.05, 3.63) is 53.1 Å². The second-order valence-corrected chi connectivity index (χ2v) is 6.14. The first-order valence-electron chi connectivity index (χ1n) is 7.81. The molecule has 118 valence electrons. The van der Waals surface area contributed by atoms with Gasteiger partial charge in [-0.15, -0.1) is 0 Å². The number of carbonyl (C=O) groups excluding carboxylic acids is 1. The van der Waals surface area contributed by atoms with E-state index in [1.165, 1.54) is 5.56 Å². The van der Waals surface area contributed by atoms with Gasteiger partial charge in [-0.25, -0.2) is 0 Å². The third-order valence-electron chi connectivity index (χ3n) is 4.33. The van der Waals surface area contributed by atoms with Crippen molar-refractivity contribution in [2.45, 2.75) is 26.7 Å². The van der Waals surface area contributed by atoms with Crippen molar-refractivity contribution >= 4 is 17.2 Å². The Morgan fingerprint density at radius 3 is 2.57 bits per heavy atom. The lowest BCUT2D eigenvalue weighted by Crippen LogP contribution is -1.90. The highest BCUT2D eigenvalue weighted by Gasteiger charge is 2.16. The van der Waals surface area contributed by atoms with Crippen LogP contribution in [-0.4, -0.2) is 18.4 Å². The SMILES string of the molecule is COc1ccc(-c2[nH]c3c(C(C)C)cccc3c2C=O)cc1C. The maximum absolute atomic E-state index is 11.7. The highest BCUT2D eigenvalue weighted by atomic mass is 16.5. The van der Waals surface area contributed by atoms with Crippen LogP contribution in [0, 0.1) is 6.92 Å². The summed E-state index contributed by atoms with van der Waals surface area (Å²) >= 11 is 0. The molecule has 0 saturated heterocycles. The molecule has 1 aromatic heterocycles. The van der Waals surface area contributed by atoms with Crippen LogP contribution < -0.4 is 4.74 Å². The number of para-hydroxylation sites is 1. The molecule has 2 aromatic carbocycles. The molecule has 0 radical (unpaired) electrons. The van der Waals surface area contributed by atoms with Crippen LogP contribution in [0.4, 0.5) is 0 Å². The van der Waals surface area contributed by atoms with E-state index >= 15 is 0 Å². The number of methoxy groups -OCH3 is 1. The number of ether oxygens (including phenoxy) is 1. The average Bonchev–Trinajstić information content (AvgIpc) is 2.92. The van der Waals surface area contributed by atoms with Gasteiger partial charge in [0.2, 0.25) is 0 Å². The minimum absolute atomic E-state index is 0.391. The second-order valence-electron chi connectivity index (χ2n) is 6.14. The lowest BCUT2D eigenvalue weighted by molar-refractivity contribution is 0.112. The van der Waals surface area contributed by atoms with Crippen LogP contribution in [0.15, 0.2) is 36.4 Å². The standard InChI is InChI=1S/C20H21NO2/c1-12(2)15-6-5-7-16-17(11-22)19(21-20(15)16)14-8-9-18(23-4)13(3)10-14/h5-12,21H,1-4H3. The summed E-state index contributed by atoms with van der Waals surface area (Å²) in [7, 11) is 1.66. The van der Waals surface area contributed by atoms with Gasteiger partial charge in [-0.3, -0.25) is 4.79 Å². The Morgan fingerprint density at radius 1 is 1.17 bits per heavy atom. The number of rotatable bonds is 4. The third kappa shape index (κ3) is 2.52. The largest absolute Gasteiger partial charge is 0.496 e. The molecular formula is C20H21NO2. The molecule has 3 aromatic rings.